The molecule has 6 rings (SSSR count). The van der Waals surface area contributed by atoms with Gasteiger partial charge in [-0.25, -0.2) is 4.79 Å². The number of carbonyl (C=O) groups is 1. The van der Waals surface area contributed by atoms with Crippen molar-refractivity contribution in [1.82, 2.24) is 0 Å². The summed E-state index contributed by atoms with van der Waals surface area (Å²) < 4.78 is 53.3. The van der Waals surface area contributed by atoms with Gasteiger partial charge >= 0.3 is 5.97 Å². The van der Waals surface area contributed by atoms with Crippen LogP contribution in [0.3, 0.4) is 0 Å². The van der Waals surface area contributed by atoms with Gasteiger partial charge in [0, 0.05) is 6.08 Å². The quantitative estimate of drug-likeness (QED) is 0.0453. The SMILES string of the molecule is C[C@@H]1O[C@@H](OC[C@H]2O[C@@H](OCCc3ccc(O)c(O)c3)[C@H](O[C@@H]3OC[C@H](O)[C@H](O)[C@H]3O)[C@@H](O[C@@H]3O[C@H](CO)[C@@H](O)[C@H](O)[C@H]3O)[C@@H]2OC(=O)/C=C/c2ccc(O)c(O)c2)[C@H](O)[C@H](O)[C@H]1O. The van der Waals surface area contributed by atoms with Crippen molar-refractivity contribution in [2.75, 3.05) is 26.4 Å². The van der Waals surface area contributed by atoms with E-state index in [2.05, 4.69) is 0 Å². The first-order chi connectivity index (χ1) is 30.4. The zero-order valence-corrected chi connectivity index (χ0v) is 34.0. The van der Waals surface area contributed by atoms with Gasteiger partial charge in [0.1, 0.15) is 79.4 Å². The number of aliphatic hydroxyl groups excluding tert-OH is 10. The molecule has 24 heteroatoms. The molecule has 4 aliphatic heterocycles. The molecule has 0 saturated carbocycles. The Labute approximate surface area is 363 Å². The minimum absolute atomic E-state index is 0.0174. The van der Waals surface area contributed by atoms with Crippen LogP contribution in [0.25, 0.3) is 6.08 Å². The van der Waals surface area contributed by atoms with E-state index in [1.807, 2.05) is 0 Å². The molecule has 14 N–H and O–H groups in total. The molecular weight excluding hydrogens is 864 g/mol. The zero-order chi connectivity index (χ0) is 46.6. The second-order valence-electron chi connectivity index (χ2n) is 15.6. The van der Waals surface area contributed by atoms with Gasteiger partial charge in [0.25, 0.3) is 0 Å². The van der Waals surface area contributed by atoms with Crippen molar-refractivity contribution in [3.63, 3.8) is 0 Å². The third-order valence-electron chi connectivity index (χ3n) is 11.1. The van der Waals surface area contributed by atoms with Crippen LogP contribution in [-0.4, -0.2) is 221 Å². The molecule has 4 aliphatic rings. The normalized spacial score (nSPS) is 39.5. The van der Waals surface area contributed by atoms with Crippen molar-refractivity contribution in [1.29, 1.82) is 0 Å². The van der Waals surface area contributed by atoms with Crippen LogP contribution in [0.1, 0.15) is 18.1 Å². The molecule has 4 heterocycles. The summed E-state index contributed by atoms with van der Waals surface area (Å²) in [7, 11) is 0. The third kappa shape index (κ3) is 11.4. The van der Waals surface area contributed by atoms with Gasteiger partial charge in [0.15, 0.2) is 54.3 Å². The maximum atomic E-state index is 13.7. The Morgan fingerprint density at radius 3 is 1.95 bits per heavy atom. The van der Waals surface area contributed by atoms with Gasteiger partial charge in [-0.2, -0.15) is 0 Å². The molecule has 0 unspecified atom stereocenters. The maximum Gasteiger partial charge on any atom is 0.331 e. The summed E-state index contributed by atoms with van der Waals surface area (Å²) in [6.07, 6.45) is -31.3. The first-order valence-corrected chi connectivity index (χ1v) is 20.2. The van der Waals surface area contributed by atoms with E-state index >= 15 is 0 Å². The van der Waals surface area contributed by atoms with Crippen molar-refractivity contribution < 1.29 is 119 Å². The van der Waals surface area contributed by atoms with Crippen LogP contribution in [-0.2, 0) is 53.8 Å². The van der Waals surface area contributed by atoms with E-state index in [9.17, 15) is 76.3 Å². The summed E-state index contributed by atoms with van der Waals surface area (Å²) in [5.74, 6) is -2.96. The van der Waals surface area contributed by atoms with Crippen molar-refractivity contribution in [3.8, 4) is 23.0 Å². The van der Waals surface area contributed by atoms with Crippen LogP contribution in [0.15, 0.2) is 42.5 Å². The highest BCUT2D eigenvalue weighted by Gasteiger charge is 2.56. The summed E-state index contributed by atoms with van der Waals surface area (Å²) >= 11 is 0. The summed E-state index contributed by atoms with van der Waals surface area (Å²) in [5, 5.41) is 145. The van der Waals surface area contributed by atoms with Gasteiger partial charge in [-0.3, -0.25) is 0 Å². The molecule has 0 aliphatic carbocycles. The topological polar surface area (TPSA) is 383 Å². The average molecular weight is 919 g/mol. The number of rotatable bonds is 15. The van der Waals surface area contributed by atoms with Crippen LogP contribution >= 0.6 is 0 Å². The number of ether oxygens (including phenoxy) is 9. The second-order valence-corrected chi connectivity index (χ2v) is 15.6. The van der Waals surface area contributed by atoms with Crippen molar-refractivity contribution in [3.05, 3.63) is 53.6 Å². The third-order valence-corrected chi connectivity index (χ3v) is 11.1. The predicted octanol–water partition coefficient (Wildman–Crippen LogP) is -4.73. The Kier molecular flexibility index (Phi) is 16.7. The van der Waals surface area contributed by atoms with E-state index in [4.69, 9.17) is 42.6 Å². The molecule has 0 aromatic heterocycles. The Balaban J connectivity index is 1.40. The molecule has 0 amide bonds. The largest absolute Gasteiger partial charge is 0.504 e. The van der Waals surface area contributed by atoms with Crippen LogP contribution in [0.4, 0.5) is 0 Å². The molecule has 2 aromatic rings. The molecular formula is C40H54O24. The molecule has 2 aromatic carbocycles. The zero-order valence-electron chi connectivity index (χ0n) is 34.0. The Morgan fingerprint density at radius 1 is 0.641 bits per heavy atom. The monoisotopic (exact) mass is 918 g/mol. The van der Waals surface area contributed by atoms with Crippen LogP contribution in [0.5, 0.6) is 23.0 Å². The highest BCUT2D eigenvalue weighted by molar-refractivity contribution is 5.87. The van der Waals surface area contributed by atoms with Crippen molar-refractivity contribution in [2.24, 2.45) is 0 Å². The smallest absolute Gasteiger partial charge is 0.331 e. The predicted molar refractivity (Wildman–Crippen MR) is 206 cm³/mol. The fourth-order valence-corrected chi connectivity index (χ4v) is 7.32. The van der Waals surface area contributed by atoms with E-state index in [1.54, 1.807) is 0 Å². The lowest BCUT2D eigenvalue weighted by Crippen LogP contribution is -2.67. The standard InChI is InChI=1S/C40H54O24/c1-15-26(48)29(51)32(54)37(59-15)58-14-24-34(62-25(47)7-4-16-2-5-18(42)20(44)10-16)35(63-39-33(55)30(52)28(50)23(12-41)60-39)36(64-38-31(53)27(49)22(46)13-57-38)40(61-24)56-9-8-17-3-6-19(43)21(45)11-17/h2-7,10-11,15,22-24,26-46,48-55H,8-9,12-14H2,1H3/b7-4+/t15-,22-,23+,24+,26-,27-,28+,29+,30-,31+,32+,33+,34+,35-,36+,37+,38-,39-,40+/m0/s1. The minimum atomic E-state index is -2.08. The molecule has 358 valence electrons. The van der Waals surface area contributed by atoms with Gasteiger partial charge in [-0.1, -0.05) is 12.1 Å². The highest BCUT2D eigenvalue weighted by Crippen LogP contribution is 2.36. The molecule has 0 bridgehead atoms. The summed E-state index contributed by atoms with van der Waals surface area (Å²) in [6, 6.07) is 7.56. The van der Waals surface area contributed by atoms with E-state index in [0.717, 1.165) is 18.2 Å². The first-order valence-electron chi connectivity index (χ1n) is 20.2. The molecule has 4 saturated heterocycles. The van der Waals surface area contributed by atoms with Gasteiger partial charge < -0.3 is 114 Å². The Hall–Kier alpha value is -3.87. The van der Waals surface area contributed by atoms with Crippen molar-refractivity contribution in [2.45, 2.75) is 130 Å². The van der Waals surface area contributed by atoms with Crippen LogP contribution in [0, 0.1) is 0 Å². The van der Waals surface area contributed by atoms with Gasteiger partial charge in [-0.15, -0.1) is 0 Å². The number of hydrogen-bond donors (Lipinski definition) is 14. The number of phenols is 4. The molecule has 24 nitrogen and oxygen atoms in total. The lowest BCUT2D eigenvalue weighted by atomic mass is 9.96. The van der Waals surface area contributed by atoms with Gasteiger partial charge in [-0.05, 0) is 54.8 Å². The average Bonchev–Trinajstić information content (AvgIpc) is 3.27. The first kappa shape index (κ1) is 49.6. The van der Waals surface area contributed by atoms with Crippen LogP contribution in [0.2, 0.25) is 0 Å². The van der Waals surface area contributed by atoms with E-state index in [1.165, 1.54) is 37.3 Å². The van der Waals surface area contributed by atoms with E-state index in [0.29, 0.717) is 5.56 Å². The highest BCUT2D eigenvalue weighted by atomic mass is 16.8. The minimum Gasteiger partial charge on any atom is -0.504 e. The lowest BCUT2D eigenvalue weighted by Gasteiger charge is -2.49. The Morgan fingerprint density at radius 2 is 1.27 bits per heavy atom. The lowest BCUT2D eigenvalue weighted by molar-refractivity contribution is -0.389. The molecule has 19 atom stereocenters. The number of benzene rings is 2. The molecule has 4 fully saturated rings. The van der Waals surface area contributed by atoms with Crippen LogP contribution < -0.4 is 0 Å². The fraction of sp³-hybridized carbons (Fsp3) is 0.625. The number of aromatic hydroxyl groups is 4. The molecule has 0 spiro atoms. The van der Waals surface area contributed by atoms with E-state index < -0.39 is 166 Å². The number of esters is 1. The molecule has 64 heavy (non-hydrogen) atoms. The fourth-order valence-electron chi connectivity index (χ4n) is 7.32. The number of hydrogen-bond acceptors (Lipinski definition) is 24. The maximum absolute atomic E-state index is 13.7. The summed E-state index contributed by atoms with van der Waals surface area (Å²) in [4.78, 5) is 13.7. The number of aliphatic hydroxyl groups is 10. The summed E-state index contributed by atoms with van der Waals surface area (Å²) in [5.41, 5.74) is 0.653. The number of carbonyl (C=O) groups excluding carboxylic acids is 1. The van der Waals surface area contributed by atoms with E-state index in [-0.39, 0.29) is 18.6 Å². The Bertz CT molecular complexity index is 1870. The molecule has 0 radical (unpaired) electrons. The number of phenolic OH excluding ortho intramolecular Hbond substituents is 4. The van der Waals surface area contributed by atoms with Crippen molar-refractivity contribution >= 4 is 12.0 Å². The van der Waals surface area contributed by atoms with Gasteiger partial charge in [0.05, 0.1) is 32.5 Å². The second kappa shape index (κ2) is 21.6. The van der Waals surface area contributed by atoms with Gasteiger partial charge in [0.2, 0.25) is 0 Å². The summed E-state index contributed by atoms with van der Waals surface area (Å²) in [6.45, 7) is -1.09.